The summed E-state index contributed by atoms with van der Waals surface area (Å²) in [6, 6.07) is 22.3. The van der Waals surface area contributed by atoms with Crippen molar-refractivity contribution in [3.05, 3.63) is 90.0 Å². The van der Waals surface area contributed by atoms with Crippen LogP contribution in [0.25, 0.3) is 0 Å². The third-order valence-corrected chi connectivity index (χ3v) is 5.99. The van der Waals surface area contributed by atoms with Gasteiger partial charge in [-0.25, -0.2) is 4.90 Å². The van der Waals surface area contributed by atoms with Gasteiger partial charge in [0.1, 0.15) is 17.7 Å². The summed E-state index contributed by atoms with van der Waals surface area (Å²) >= 11 is 0. The minimum Gasteiger partial charge on any atom is -0.497 e. The number of hydrogen-bond donors (Lipinski definition) is 0. The molecule has 0 radical (unpaired) electrons. The minimum absolute atomic E-state index is 0.0818. The highest BCUT2D eigenvalue weighted by molar-refractivity contribution is 6.34. The molecular weight excluding hydrogens is 418 g/mol. The van der Waals surface area contributed by atoms with Crippen LogP contribution in [0.4, 0.5) is 11.4 Å². The minimum atomic E-state index is -0.788. The molecule has 1 fully saturated rings. The Morgan fingerprint density at radius 2 is 1.52 bits per heavy atom. The molecule has 0 bridgehead atoms. The summed E-state index contributed by atoms with van der Waals surface area (Å²) in [4.78, 5) is 40.0. The van der Waals surface area contributed by atoms with Crippen molar-refractivity contribution in [2.24, 2.45) is 11.0 Å². The van der Waals surface area contributed by atoms with Crippen molar-refractivity contribution in [3.8, 4) is 5.75 Å². The molecule has 0 unspecified atom stereocenters. The number of ketones is 1. The first-order valence-electron chi connectivity index (χ1n) is 10.6. The molecule has 0 spiro atoms. The Labute approximate surface area is 190 Å². The molecule has 5 rings (SSSR count). The van der Waals surface area contributed by atoms with E-state index in [9.17, 15) is 14.4 Å². The predicted molar refractivity (Wildman–Crippen MR) is 125 cm³/mol. The standard InChI is InChI=1S/C26H21N3O4/c1-16(30)17-8-12-19(13-9-17)28-25(31)22-23(18-10-14-21(33-2)15-11-18)27-29(24(22)26(28)32)20-6-4-3-5-7-20/h3-15,22,24H,1-2H3/t22-,24+/m1/s1. The molecule has 0 N–H and O–H groups in total. The molecule has 3 aromatic rings. The van der Waals surface area contributed by atoms with Gasteiger partial charge < -0.3 is 4.74 Å². The molecule has 2 amide bonds. The van der Waals surface area contributed by atoms with E-state index in [2.05, 4.69) is 0 Å². The lowest BCUT2D eigenvalue weighted by atomic mass is 9.92. The van der Waals surface area contributed by atoms with Crippen LogP contribution in [0.15, 0.2) is 84.0 Å². The van der Waals surface area contributed by atoms with Crippen molar-refractivity contribution in [1.29, 1.82) is 0 Å². The van der Waals surface area contributed by atoms with Gasteiger partial charge in [-0.3, -0.25) is 19.4 Å². The normalized spacial score (nSPS) is 19.5. The van der Waals surface area contributed by atoms with Crippen LogP contribution < -0.4 is 14.6 Å². The molecule has 3 aromatic carbocycles. The highest BCUT2D eigenvalue weighted by Crippen LogP contribution is 2.39. The second kappa shape index (κ2) is 8.02. The summed E-state index contributed by atoms with van der Waals surface area (Å²) < 4.78 is 5.24. The van der Waals surface area contributed by atoms with Crippen molar-refractivity contribution >= 4 is 34.7 Å². The van der Waals surface area contributed by atoms with Crippen molar-refractivity contribution in [2.75, 3.05) is 17.0 Å². The molecule has 2 aliphatic heterocycles. The molecule has 2 atom stereocenters. The van der Waals surface area contributed by atoms with Gasteiger partial charge in [0.05, 0.1) is 24.2 Å². The fourth-order valence-corrected chi connectivity index (χ4v) is 4.31. The second-order valence-corrected chi connectivity index (χ2v) is 7.93. The fraction of sp³-hybridized carbons (Fsp3) is 0.154. The summed E-state index contributed by atoms with van der Waals surface area (Å²) in [6.07, 6.45) is 0. The van der Waals surface area contributed by atoms with Gasteiger partial charge in [-0.15, -0.1) is 0 Å². The van der Waals surface area contributed by atoms with E-state index < -0.39 is 12.0 Å². The molecule has 0 aliphatic carbocycles. The molecule has 0 saturated carbocycles. The average molecular weight is 439 g/mol. The molecule has 0 aromatic heterocycles. The molecule has 33 heavy (non-hydrogen) atoms. The number of methoxy groups -OCH3 is 1. The van der Waals surface area contributed by atoms with Gasteiger partial charge in [0, 0.05) is 5.56 Å². The predicted octanol–water partition coefficient (Wildman–Crippen LogP) is 3.68. The number of imide groups is 1. The number of hydrazone groups is 1. The second-order valence-electron chi connectivity index (χ2n) is 7.93. The van der Waals surface area contributed by atoms with Crippen molar-refractivity contribution in [3.63, 3.8) is 0 Å². The fourth-order valence-electron chi connectivity index (χ4n) is 4.31. The lowest BCUT2D eigenvalue weighted by Gasteiger charge is -2.22. The maximum Gasteiger partial charge on any atom is 0.259 e. The molecule has 164 valence electrons. The van der Waals surface area contributed by atoms with Crippen LogP contribution in [0.2, 0.25) is 0 Å². The monoisotopic (exact) mass is 439 g/mol. The van der Waals surface area contributed by atoms with Crippen molar-refractivity contribution in [1.82, 2.24) is 0 Å². The number of Topliss-reactive ketones (excluding diaryl/α,β-unsaturated/α-hetero) is 1. The molecular formula is C26H21N3O4. The molecule has 2 aliphatic rings. The highest BCUT2D eigenvalue weighted by atomic mass is 16.5. The number of para-hydroxylation sites is 1. The lowest BCUT2D eigenvalue weighted by Crippen LogP contribution is -2.39. The zero-order valence-electron chi connectivity index (χ0n) is 18.1. The topological polar surface area (TPSA) is 79.3 Å². The van der Waals surface area contributed by atoms with E-state index in [0.29, 0.717) is 22.7 Å². The van der Waals surface area contributed by atoms with E-state index in [4.69, 9.17) is 9.84 Å². The molecule has 7 heteroatoms. The summed E-state index contributed by atoms with van der Waals surface area (Å²) in [5, 5.41) is 6.36. The first kappa shape index (κ1) is 20.6. The van der Waals surface area contributed by atoms with Gasteiger partial charge in [0.25, 0.3) is 5.91 Å². The van der Waals surface area contributed by atoms with Crippen LogP contribution in [0.1, 0.15) is 22.8 Å². The zero-order chi connectivity index (χ0) is 23.1. The summed E-state index contributed by atoms with van der Waals surface area (Å²) in [5.74, 6) is -0.833. The Balaban J connectivity index is 1.58. The third kappa shape index (κ3) is 3.38. The Morgan fingerprint density at radius 1 is 0.848 bits per heavy atom. The van der Waals surface area contributed by atoms with E-state index in [0.717, 1.165) is 11.3 Å². The van der Waals surface area contributed by atoms with Crippen LogP contribution >= 0.6 is 0 Å². The van der Waals surface area contributed by atoms with E-state index in [1.54, 1.807) is 48.5 Å². The quantitative estimate of drug-likeness (QED) is 0.448. The van der Waals surface area contributed by atoms with Crippen LogP contribution in [0, 0.1) is 5.92 Å². The van der Waals surface area contributed by atoms with Crippen LogP contribution in [0.5, 0.6) is 5.75 Å². The van der Waals surface area contributed by atoms with Gasteiger partial charge in [-0.2, -0.15) is 5.10 Å². The molecule has 7 nitrogen and oxygen atoms in total. The molecule has 2 heterocycles. The Hall–Kier alpha value is -4.26. The number of carbonyl (C=O) groups is 3. The average Bonchev–Trinajstić information content (AvgIpc) is 3.36. The van der Waals surface area contributed by atoms with Gasteiger partial charge in [0.2, 0.25) is 5.91 Å². The molecule has 1 saturated heterocycles. The number of fused-ring (bicyclic) bond motifs is 1. The van der Waals surface area contributed by atoms with Gasteiger partial charge in [-0.1, -0.05) is 18.2 Å². The number of anilines is 2. The summed E-state index contributed by atoms with van der Waals surface area (Å²) in [7, 11) is 1.59. The maximum absolute atomic E-state index is 13.6. The first-order valence-corrected chi connectivity index (χ1v) is 10.6. The number of carbonyl (C=O) groups excluding carboxylic acids is 3. The van der Waals surface area contributed by atoms with E-state index in [1.165, 1.54) is 11.8 Å². The van der Waals surface area contributed by atoms with E-state index in [1.807, 2.05) is 42.5 Å². The van der Waals surface area contributed by atoms with E-state index in [-0.39, 0.29) is 17.6 Å². The van der Waals surface area contributed by atoms with Crippen LogP contribution in [-0.4, -0.2) is 36.5 Å². The first-order chi connectivity index (χ1) is 16.0. The lowest BCUT2D eigenvalue weighted by molar-refractivity contribution is -0.121. The number of nitrogens with zero attached hydrogens (tertiary/aromatic N) is 3. The largest absolute Gasteiger partial charge is 0.497 e. The third-order valence-electron chi connectivity index (χ3n) is 5.99. The van der Waals surface area contributed by atoms with Crippen LogP contribution in [-0.2, 0) is 9.59 Å². The van der Waals surface area contributed by atoms with Crippen molar-refractivity contribution < 1.29 is 19.1 Å². The number of rotatable bonds is 5. The number of hydrogen-bond acceptors (Lipinski definition) is 6. The number of benzene rings is 3. The Kier molecular flexibility index (Phi) is 5.01. The number of ether oxygens (including phenoxy) is 1. The van der Waals surface area contributed by atoms with Gasteiger partial charge in [-0.05, 0) is 73.2 Å². The van der Waals surface area contributed by atoms with E-state index >= 15 is 0 Å². The number of amides is 2. The summed E-state index contributed by atoms with van der Waals surface area (Å²) in [6.45, 7) is 1.47. The Morgan fingerprint density at radius 3 is 2.12 bits per heavy atom. The van der Waals surface area contributed by atoms with Crippen LogP contribution in [0.3, 0.4) is 0 Å². The van der Waals surface area contributed by atoms with Gasteiger partial charge >= 0.3 is 0 Å². The smallest absolute Gasteiger partial charge is 0.259 e. The van der Waals surface area contributed by atoms with Crippen molar-refractivity contribution in [2.45, 2.75) is 13.0 Å². The summed E-state index contributed by atoms with van der Waals surface area (Å²) in [5.41, 5.74) is 2.97. The zero-order valence-corrected chi connectivity index (χ0v) is 18.1. The highest BCUT2D eigenvalue weighted by Gasteiger charge is 2.57. The van der Waals surface area contributed by atoms with Gasteiger partial charge in [0.15, 0.2) is 5.78 Å². The maximum atomic E-state index is 13.6. The Bertz CT molecular complexity index is 1270. The SMILES string of the molecule is COc1ccc(C2=NN(c3ccccc3)[C@@H]3C(=O)N(c4ccc(C(C)=O)cc4)C(=O)[C@H]23)cc1.